The van der Waals surface area contributed by atoms with Crippen molar-refractivity contribution in [3.63, 3.8) is 0 Å². The second-order valence-corrected chi connectivity index (χ2v) is 15.2. The largest absolute Gasteiger partial charge is 0.463 e. The molecule has 3 saturated carbocycles. The molecule has 3 fully saturated rings. The van der Waals surface area contributed by atoms with Crippen LogP contribution >= 0.6 is 11.8 Å². The highest BCUT2D eigenvalue weighted by Gasteiger charge is 2.78. The lowest BCUT2D eigenvalue weighted by Gasteiger charge is -2.63. The Balaban J connectivity index is 1.38. The Bertz CT molecular complexity index is 1660. The molecule has 0 aliphatic heterocycles. The maximum Gasteiger partial charge on any atom is 0.375 e. The molecular formula is C37H42F2O10S. The molecule has 5 rings (SSSR count). The number of fused-ring (bicyclic) bond motifs is 5. The minimum atomic E-state index is -2.38. The van der Waals surface area contributed by atoms with Crippen LogP contribution in [0.5, 0.6) is 0 Å². The average molecular weight is 717 g/mol. The normalized spacial score (nSPS) is 35.5. The van der Waals surface area contributed by atoms with Crippen molar-refractivity contribution in [3.8, 4) is 11.8 Å². The lowest BCUT2D eigenvalue weighted by atomic mass is 9.44. The van der Waals surface area contributed by atoms with Gasteiger partial charge in [-0.15, -0.1) is 0 Å². The van der Waals surface area contributed by atoms with E-state index in [1.807, 2.05) is 0 Å². The van der Waals surface area contributed by atoms with E-state index in [9.17, 15) is 29.1 Å². The fourth-order valence-electron chi connectivity index (χ4n) is 8.83. The lowest BCUT2D eigenvalue weighted by Crippen LogP contribution is -2.70. The SMILES string of the molecule is CC(C)OC(=O)CCC(=O)OCC#CCSC(=O)[C@@]1(OC(=O)c2ccco2)[C@H](C)C[C@H]2[C@@H]3C[C@H](F)C4=CC(=O)C=C[C@]4(C)[C@@]3(F)[C@@H](O)C[C@@]21C. The van der Waals surface area contributed by atoms with E-state index in [1.165, 1.54) is 37.5 Å². The number of thioether (sulfide) groups is 1. The number of alkyl halides is 2. The molecule has 0 bridgehead atoms. The van der Waals surface area contributed by atoms with E-state index in [-0.39, 0.29) is 61.9 Å². The molecule has 0 spiro atoms. The van der Waals surface area contributed by atoms with Gasteiger partial charge in [-0.1, -0.05) is 43.5 Å². The van der Waals surface area contributed by atoms with Gasteiger partial charge in [0.1, 0.15) is 6.17 Å². The third-order valence-corrected chi connectivity index (χ3v) is 11.9. The Morgan fingerprint density at radius 2 is 1.84 bits per heavy atom. The number of hydrogen-bond acceptors (Lipinski definition) is 11. The molecule has 0 radical (unpaired) electrons. The van der Waals surface area contributed by atoms with Gasteiger partial charge in [0.25, 0.3) is 0 Å². The molecule has 1 heterocycles. The fourth-order valence-corrected chi connectivity index (χ4v) is 9.83. The lowest BCUT2D eigenvalue weighted by molar-refractivity contribution is -0.221. The predicted octanol–water partition coefficient (Wildman–Crippen LogP) is 5.28. The minimum Gasteiger partial charge on any atom is -0.463 e. The van der Waals surface area contributed by atoms with E-state index in [0.717, 1.165) is 17.8 Å². The third-order valence-electron chi connectivity index (χ3n) is 11.1. The summed E-state index contributed by atoms with van der Waals surface area (Å²) in [6, 6.07) is 2.87. The van der Waals surface area contributed by atoms with Gasteiger partial charge in [0.2, 0.25) is 10.9 Å². The summed E-state index contributed by atoms with van der Waals surface area (Å²) >= 11 is 0.767. The van der Waals surface area contributed by atoms with Crippen molar-refractivity contribution in [1.82, 2.24) is 0 Å². The van der Waals surface area contributed by atoms with Crippen molar-refractivity contribution in [2.75, 3.05) is 12.4 Å². The van der Waals surface area contributed by atoms with Gasteiger partial charge >= 0.3 is 17.9 Å². The van der Waals surface area contributed by atoms with Gasteiger partial charge < -0.3 is 23.7 Å². The molecule has 0 aromatic carbocycles. The van der Waals surface area contributed by atoms with Crippen LogP contribution in [-0.2, 0) is 33.4 Å². The summed E-state index contributed by atoms with van der Waals surface area (Å²) < 4.78 is 55.1. The van der Waals surface area contributed by atoms with Gasteiger partial charge in [-0.3, -0.25) is 19.2 Å². The van der Waals surface area contributed by atoms with Crippen molar-refractivity contribution in [2.24, 2.45) is 28.6 Å². The number of carbonyl (C=O) groups excluding carboxylic acids is 5. The van der Waals surface area contributed by atoms with Crippen LogP contribution in [0.4, 0.5) is 8.78 Å². The Morgan fingerprint density at radius 3 is 2.52 bits per heavy atom. The van der Waals surface area contributed by atoms with E-state index >= 15 is 8.78 Å². The predicted molar refractivity (Wildman–Crippen MR) is 177 cm³/mol. The van der Waals surface area contributed by atoms with E-state index in [2.05, 4.69) is 11.8 Å². The van der Waals surface area contributed by atoms with Crippen LogP contribution in [0.2, 0.25) is 0 Å². The van der Waals surface area contributed by atoms with Gasteiger partial charge in [0.05, 0.1) is 37.1 Å². The number of hydrogen-bond donors (Lipinski definition) is 1. The van der Waals surface area contributed by atoms with E-state index in [4.69, 9.17) is 18.6 Å². The van der Waals surface area contributed by atoms with Crippen molar-refractivity contribution < 1.29 is 56.5 Å². The zero-order valence-electron chi connectivity index (χ0n) is 28.7. The van der Waals surface area contributed by atoms with Crippen LogP contribution < -0.4 is 0 Å². The molecule has 1 N–H and O–H groups in total. The maximum absolute atomic E-state index is 17.7. The van der Waals surface area contributed by atoms with Crippen molar-refractivity contribution in [3.05, 3.63) is 48.0 Å². The molecule has 4 aliphatic rings. The second kappa shape index (κ2) is 14.1. The van der Waals surface area contributed by atoms with Crippen molar-refractivity contribution in [2.45, 2.75) is 96.4 Å². The summed E-state index contributed by atoms with van der Waals surface area (Å²) in [6.07, 6.45) is 0.509. The first-order valence-electron chi connectivity index (χ1n) is 16.7. The Kier molecular flexibility index (Phi) is 10.6. The van der Waals surface area contributed by atoms with Crippen molar-refractivity contribution in [1.29, 1.82) is 0 Å². The average Bonchev–Trinajstić information content (AvgIpc) is 3.66. The van der Waals surface area contributed by atoms with E-state index < -0.39 is 80.9 Å². The number of furan rings is 1. The first-order chi connectivity index (χ1) is 23.5. The van der Waals surface area contributed by atoms with Gasteiger partial charge in [-0.05, 0) is 75.8 Å². The summed E-state index contributed by atoms with van der Waals surface area (Å²) in [6.45, 7) is 8.00. The molecule has 9 atom stereocenters. The topological polar surface area (TPSA) is 146 Å². The molecule has 270 valence electrons. The number of aliphatic hydroxyl groups excluding tert-OH is 1. The first kappa shape index (κ1) is 37.5. The van der Waals surface area contributed by atoms with Gasteiger partial charge in [0.15, 0.2) is 23.7 Å². The number of ether oxygens (including phenoxy) is 3. The van der Waals surface area contributed by atoms with Gasteiger partial charge in [0, 0.05) is 22.7 Å². The fraction of sp³-hybridized carbons (Fsp3) is 0.595. The molecule has 50 heavy (non-hydrogen) atoms. The monoisotopic (exact) mass is 716 g/mol. The number of allylic oxidation sites excluding steroid dienone is 4. The summed E-state index contributed by atoms with van der Waals surface area (Å²) in [5, 5.41) is 11.2. The maximum atomic E-state index is 17.7. The van der Waals surface area contributed by atoms with Crippen LogP contribution in [0.1, 0.15) is 77.3 Å². The van der Waals surface area contributed by atoms with Crippen LogP contribution in [0.15, 0.2) is 46.6 Å². The highest BCUT2D eigenvalue weighted by molar-refractivity contribution is 8.14. The smallest absolute Gasteiger partial charge is 0.375 e. The summed E-state index contributed by atoms with van der Waals surface area (Å²) in [4.78, 5) is 63.7. The zero-order valence-corrected chi connectivity index (χ0v) is 29.5. The molecule has 10 nitrogen and oxygen atoms in total. The Hall–Kier alpha value is -3.76. The summed E-state index contributed by atoms with van der Waals surface area (Å²) in [7, 11) is 0. The van der Waals surface area contributed by atoms with Crippen LogP contribution in [0, 0.1) is 40.4 Å². The van der Waals surface area contributed by atoms with E-state index in [1.54, 1.807) is 27.7 Å². The molecule has 0 amide bonds. The Morgan fingerprint density at radius 1 is 1.12 bits per heavy atom. The minimum absolute atomic E-state index is 0.0162. The molecule has 13 heteroatoms. The van der Waals surface area contributed by atoms with E-state index in [0.29, 0.717) is 0 Å². The quantitative estimate of drug-likeness (QED) is 0.202. The van der Waals surface area contributed by atoms with Crippen LogP contribution in [-0.4, -0.2) is 75.9 Å². The highest BCUT2D eigenvalue weighted by Crippen LogP contribution is 2.72. The number of ketones is 1. The third kappa shape index (κ3) is 6.23. The van der Waals surface area contributed by atoms with Gasteiger partial charge in [-0.25, -0.2) is 13.6 Å². The number of rotatable bonds is 9. The highest BCUT2D eigenvalue weighted by atomic mass is 32.2. The number of carbonyl (C=O) groups is 5. The number of aliphatic hydroxyl groups is 1. The van der Waals surface area contributed by atoms with Crippen molar-refractivity contribution >= 4 is 40.6 Å². The Labute approximate surface area is 293 Å². The summed E-state index contributed by atoms with van der Waals surface area (Å²) in [5.74, 6) is 0.152. The molecule has 1 aromatic rings. The second-order valence-electron chi connectivity index (χ2n) is 14.2. The zero-order chi connectivity index (χ0) is 36.6. The molecule has 4 aliphatic carbocycles. The molecule has 0 saturated heterocycles. The van der Waals surface area contributed by atoms with Crippen LogP contribution in [0.3, 0.4) is 0 Å². The molecule has 0 unspecified atom stereocenters. The molecule has 1 aromatic heterocycles. The molecular weight excluding hydrogens is 674 g/mol. The standard InChI is InChI=1S/C37H42F2O10S/c1-21(2)48-31(43)11-10-30(42)47-14-6-7-16-50-33(45)37(49-32(44)28-9-8-15-46-28)22(3)17-24-25-19-27(38)26-18-23(40)12-13-34(26,4)36(25,39)29(41)20-35(24,37)5/h8-9,12-13,15,18,21-22,24-25,27,29,41H,10-11,14,16-17,19-20H2,1-5H3/t22-,24+,25+,27+,29+,34+,35+,36+,37+/m1/s1. The van der Waals surface area contributed by atoms with Gasteiger partial charge in [-0.2, -0.15) is 0 Å². The first-order valence-corrected chi connectivity index (χ1v) is 17.7. The number of esters is 3. The van der Waals surface area contributed by atoms with Crippen LogP contribution in [0.25, 0.3) is 0 Å². The summed E-state index contributed by atoms with van der Waals surface area (Å²) in [5.41, 5.74) is -7.24. The number of halogens is 2.